The third kappa shape index (κ3) is 4.87. The molecule has 0 saturated carbocycles. The number of rotatable bonds is 5. The third-order valence-corrected chi connectivity index (χ3v) is 7.56. The van der Waals surface area contributed by atoms with E-state index in [0.717, 1.165) is 17.2 Å². The van der Waals surface area contributed by atoms with Crippen LogP contribution in [0.15, 0.2) is 36.4 Å². The molecule has 2 aromatic carbocycles. The van der Waals surface area contributed by atoms with Crippen LogP contribution in [-0.4, -0.2) is 50.2 Å². The lowest BCUT2D eigenvalue weighted by Gasteiger charge is -2.44. The lowest BCUT2D eigenvalue weighted by atomic mass is 9.73. The Bertz CT molecular complexity index is 1160. The number of hydrogen-bond acceptors (Lipinski definition) is 4. The van der Waals surface area contributed by atoms with Crippen LogP contribution in [-0.2, 0) is 10.9 Å². The third-order valence-electron chi connectivity index (χ3n) is 7.56. The van der Waals surface area contributed by atoms with Crippen molar-refractivity contribution in [2.24, 2.45) is 11.3 Å². The van der Waals surface area contributed by atoms with Gasteiger partial charge in [-0.2, -0.15) is 18.4 Å². The zero-order chi connectivity index (χ0) is 25.4. The van der Waals surface area contributed by atoms with E-state index in [9.17, 15) is 18.0 Å². The lowest BCUT2D eigenvalue weighted by Crippen LogP contribution is -2.49. The summed E-state index contributed by atoms with van der Waals surface area (Å²) in [6.45, 7) is 9.17. The summed E-state index contributed by atoms with van der Waals surface area (Å²) in [5.74, 6) is 0.0333. The van der Waals surface area contributed by atoms with Crippen molar-refractivity contribution in [1.82, 2.24) is 4.90 Å². The highest BCUT2D eigenvalue weighted by atomic mass is 19.4. The zero-order valence-corrected chi connectivity index (χ0v) is 20.3. The quantitative estimate of drug-likeness (QED) is 0.584. The summed E-state index contributed by atoms with van der Waals surface area (Å²) in [5.41, 5.74) is 1.75. The zero-order valence-electron chi connectivity index (χ0n) is 20.3. The monoisotopic (exact) mass is 485 g/mol. The summed E-state index contributed by atoms with van der Waals surface area (Å²) in [5, 5.41) is 9.11. The van der Waals surface area contributed by atoms with Crippen molar-refractivity contribution in [1.29, 1.82) is 5.26 Å². The van der Waals surface area contributed by atoms with Crippen LogP contribution < -0.4 is 4.90 Å². The molecule has 0 radical (unpaired) electrons. The van der Waals surface area contributed by atoms with Crippen LogP contribution in [0.3, 0.4) is 0 Å². The maximum absolute atomic E-state index is 13.5. The average Bonchev–Trinajstić information content (AvgIpc) is 3.22. The SMILES string of the molecule is CCOCC12CCN(c3ccc(C#N)c(C(F)(F)F)c3)CC1CN(C(=O)c1ccc(C)c(C)c1)C2. The fourth-order valence-electron chi connectivity index (χ4n) is 5.33. The van der Waals surface area contributed by atoms with E-state index in [1.54, 1.807) is 12.1 Å². The van der Waals surface area contributed by atoms with Gasteiger partial charge in [-0.1, -0.05) is 6.07 Å². The van der Waals surface area contributed by atoms with Crippen molar-refractivity contribution in [3.8, 4) is 6.07 Å². The number of nitrogens with zero attached hydrogens (tertiary/aromatic N) is 3. The van der Waals surface area contributed by atoms with Crippen LogP contribution >= 0.6 is 0 Å². The number of likely N-dealkylation sites (tertiary alicyclic amines) is 1. The molecule has 0 N–H and O–H groups in total. The minimum Gasteiger partial charge on any atom is -0.381 e. The molecule has 5 nitrogen and oxygen atoms in total. The van der Waals surface area contributed by atoms with Gasteiger partial charge in [0.15, 0.2) is 0 Å². The Morgan fingerprint density at radius 1 is 1.17 bits per heavy atom. The normalized spacial score (nSPS) is 22.1. The predicted octanol–water partition coefficient (Wildman–Crippen LogP) is 5.20. The van der Waals surface area contributed by atoms with E-state index in [1.807, 2.05) is 48.8 Å². The Labute approximate surface area is 204 Å². The van der Waals surface area contributed by atoms with Crippen molar-refractivity contribution in [3.05, 3.63) is 64.2 Å². The Balaban J connectivity index is 1.59. The molecule has 0 bridgehead atoms. The summed E-state index contributed by atoms with van der Waals surface area (Å²) in [4.78, 5) is 17.2. The van der Waals surface area contributed by atoms with Gasteiger partial charge in [-0.15, -0.1) is 0 Å². The highest BCUT2D eigenvalue weighted by molar-refractivity contribution is 5.94. The Kier molecular flexibility index (Phi) is 6.83. The van der Waals surface area contributed by atoms with E-state index in [1.165, 1.54) is 6.07 Å². The molecule has 35 heavy (non-hydrogen) atoms. The number of alkyl halides is 3. The first-order valence-electron chi connectivity index (χ1n) is 11.9. The molecule has 0 aliphatic carbocycles. The van der Waals surface area contributed by atoms with Crippen LogP contribution in [0.2, 0.25) is 0 Å². The van der Waals surface area contributed by atoms with Gasteiger partial charge in [-0.05, 0) is 68.7 Å². The van der Waals surface area contributed by atoms with Crippen LogP contribution in [0, 0.1) is 36.5 Å². The van der Waals surface area contributed by atoms with Crippen molar-refractivity contribution in [2.45, 2.75) is 33.4 Å². The molecular weight excluding hydrogens is 455 g/mol. The van der Waals surface area contributed by atoms with E-state index in [-0.39, 0.29) is 22.8 Å². The minimum absolute atomic E-state index is 0.0253. The van der Waals surface area contributed by atoms with Crippen molar-refractivity contribution >= 4 is 11.6 Å². The number of ether oxygens (including phenoxy) is 1. The topological polar surface area (TPSA) is 56.6 Å². The number of anilines is 1. The second kappa shape index (κ2) is 9.54. The molecule has 2 aliphatic rings. The Morgan fingerprint density at radius 3 is 2.60 bits per heavy atom. The number of amides is 1. The Morgan fingerprint density at radius 2 is 1.94 bits per heavy atom. The van der Waals surface area contributed by atoms with Gasteiger partial charge >= 0.3 is 6.18 Å². The molecule has 4 rings (SSSR count). The molecule has 2 heterocycles. The van der Waals surface area contributed by atoms with Crippen molar-refractivity contribution in [2.75, 3.05) is 44.3 Å². The number of fused-ring (bicyclic) bond motifs is 1. The maximum Gasteiger partial charge on any atom is 0.417 e. The number of aryl methyl sites for hydroxylation is 2. The second-order valence-corrected chi connectivity index (χ2v) is 9.72. The number of carbonyl (C=O) groups is 1. The van der Waals surface area contributed by atoms with Gasteiger partial charge in [-0.3, -0.25) is 4.79 Å². The smallest absolute Gasteiger partial charge is 0.381 e. The molecule has 0 aromatic heterocycles. The average molecular weight is 486 g/mol. The molecule has 2 fully saturated rings. The van der Waals surface area contributed by atoms with Gasteiger partial charge in [0, 0.05) is 55.4 Å². The molecule has 2 unspecified atom stereocenters. The maximum atomic E-state index is 13.5. The van der Waals surface area contributed by atoms with Gasteiger partial charge < -0.3 is 14.5 Å². The van der Waals surface area contributed by atoms with E-state index in [0.29, 0.717) is 57.1 Å². The number of benzene rings is 2. The molecule has 8 heteroatoms. The van der Waals surface area contributed by atoms with E-state index in [4.69, 9.17) is 10.00 Å². The lowest BCUT2D eigenvalue weighted by molar-refractivity contribution is -0.137. The fourth-order valence-corrected chi connectivity index (χ4v) is 5.33. The highest BCUT2D eigenvalue weighted by Crippen LogP contribution is 2.45. The van der Waals surface area contributed by atoms with Gasteiger partial charge in [-0.25, -0.2) is 0 Å². The molecule has 2 aromatic rings. The van der Waals surface area contributed by atoms with Gasteiger partial charge in [0.05, 0.1) is 23.8 Å². The molecule has 1 amide bonds. The van der Waals surface area contributed by atoms with Gasteiger partial charge in [0.1, 0.15) is 0 Å². The predicted molar refractivity (Wildman–Crippen MR) is 127 cm³/mol. The van der Waals surface area contributed by atoms with Crippen LogP contribution in [0.1, 0.15) is 46.0 Å². The second-order valence-electron chi connectivity index (χ2n) is 9.72. The molecular formula is C27H30F3N3O2. The fraction of sp³-hybridized carbons (Fsp3) is 0.481. The summed E-state index contributed by atoms with van der Waals surface area (Å²) >= 11 is 0. The molecule has 2 aliphatic heterocycles. The van der Waals surface area contributed by atoms with Crippen LogP contribution in [0.5, 0.6) is 0 Å². The van der Waals surface area contributed by atoms with Crippen molar-refractivity contribution < 1.29 is 22.7 Å². The summed E-state index contributed by atoms with van der Waals surface area (Å²) < 4.78 is 46.4. The van der Waals surface area contributed by atoms with E-state index >= 15 is 0 Å². The van der Waals surface area contributed by atoms with Crippen molar-refractivity contribution in [3.63, 3.8) is 0 Å². The Hall–Kier alpha value is -3.05. The molecule has 2 atom stereocenters. The number of hydrogen-bond donors (Lipinski definition) is 0. The standard InChI is InChI=1S/C27H30F3N3O2/c1-4-35-17-26-9-10-32(23-8-7-21(13-31)24(12-23)27(28,29)30)14-22(26)15-33(16-26)25(34)20-6-5-18(2)19(3)11-20/h5-8,11-12,22H,4,9-10,14-17H2,1-3H3. The number of carbonyl (C=O) groups excluding carboxylic acids is 1. The minimum atomic E-state index is -4.60. The number of piperidine rings is 1. The molecule has 2 saturated heterocycles. The largest absolute Gasteiger partial charge is 0.417 e. The molecule has 0 spiro atoms. The number of nitriles is 1. The highest BCUT2D eigenvalue weighted by Gasteiger charge is 2.51. The van der Waals surface area contributed by atoms with Gasteiger partial charge in [0.2, 0.25) is 0 Å². The summed E-state index contributed by atoms with van der Waals surface area (Å²) in [6, 6.07) is 11.2. The van der Waals surface area contributed by atoms with Crippen LogP contribution in [0.25, 0.3) is 0 Å². The van der Waals surface area contributed by atoms with Crippen LogP contribution in [0.4, 0.5) is 18.9 Å². The summed E-state index contributed by atoms with van der Waals surface area (Å²) in [6.07, 6.45) is -3.89. The number of halogens is 3. The van der Waals surface area contributed by atoms with Gasteiger partial charge in [0.25, 0.3) is 5.91 Å². The van der Waals surface area contributed by atoms with E-state index in [2.05, 4.69) is 0 Å². The molecule has 186 valence electrons. The first-order valence-corrected chi connectivity index (χ1v) is 11.9. The van der Waals surface area contributed by atoms with E-state index < -0.39 is 11.7 Å². The first kappa shape index (κ1) is 25.1. The summed E-state index contributed by atoms with van der Waals surface area (Å²) in [7, 11) is 0. The first-order chi connectivity index (χ1) is 16.6.